The minimum atomic E-state index is -0.889. The minimum Gasteiger partial charge on any atom is -0.475 e. The van der Waals surface area contributed by atoms with Crippen molar-refractivity contribution in [3.63, 3.8) is 0 Å². The number of rotatable bonds is 4. The molecule has 5 aliphatic heterocycles. The van der Waals surface area contributed by atoms with E-state index in [1.807, 2.05) is 6.07 Å². The molecule has 11 heteroatoms. The topological polar surface area (TPSA) is 75.6 Å². The van der Waals surface area contributed by atoms with E-state index in [0.717, 1.165) is 37.6 Å². The van der Waals surface area contributed by atoms with E-state index in [1.165, 1.54) is 12.1 Å². The summed E-state index contributed by atoms with van der Waals surface area (Å²) in [6.07, 6.45) is 3.42. The van der Waals surface area contributed by atoms with Gasteiger partial charge in [0, 0.05) is 37.2 Å². The van der Waals surface area contributed by atoms with Gasteiger partial charge in [-0.05, 0) is 55.1 Å². The summed E-state index contributed by atoms with van der Waals surface area (Å²) in [5, 5.41) is 5.41. The van der Waals surface area contributed by atoms with Crippen LogP contribution in [0.25, 0.3) is 32.9 Å². The first-order valence-corrected chi connectivity index (χ1v) is 15.2. The van der Waals surface area contributed by atoms with E-state index in [4.69, 9.17) is 19.4 Å². The Balaban J connectivity index is 1.22. The maximum atomic E-state index is 16.8. The second kappa shape index (κ2) is 9.40. The SMILES string of the molecule is Fc1ccc2cccc(-c3nc4c5c(nc(OC[C@@]67CCCN6C[C@H](F)C7)nc5c3F)N3CC5CCC(N5)C3CO4)c2c1. The lowest BCUT2D eigenvalue weighted by atomic mass is 9.95. The van der Waals surface area contributed by atoms with Gasteiger partial charge in [0.2, 0.25) is 5.88 Å². The average Bonchev–Trinajstić information content (AvgIpc) is 3.64. The Kier molecular flexibility index (Phi) is 5.63. The van der Waals surface area contributed by atoms with Crippen molar-refractivity contribution in [1.82, 2.24) is 25.2 Å². The van der Waals surface area contributed by atoms with Gasteiger partial charge in [0.15, 0.2) is 5.82 Å². The van der Waals surface area contributed by atoms with Gasteiger partial charge in [0.1, 0.15) is 47.6 Å². The van der Waals surface area contributed by atoms with Crippen molar-refractivity contribution in [2.24, 2.45) is 0 Å². The van der Waals surface area contributed by atoms with Gasteiger partial charge in [-0.25, -0.2) is 18.2 Å². The van der Waals surface area contributed by atoms with Crippen LogP contribution < -0.4 is 19.7 Å². The van der Waals surface area contributed by atoms with Gasteiger partial charge in [-0.1, -0.05) is 24.3 Å². The Bertz CT molecular complexity index is 1790. The first kappa shape index (κ1) is 25.8. The number of pyridine rings is 1. The maximum absolute atomic E-state index is 16.8. The molecule has 0 spiro atoms. The van der Waals surface area contributed by atoms with E-state index in [0.29, 0.717) is 54.3 Å². The van der Waals surface area contributed by atoms with Crippen LogP contribution in [0.5, 0.6) is 11.9 Å². The van der Waals surface area contributed by atoms with Gasteiger partial charge < -0.3 is 19.7 Å². The van der Waals surface area contributed by atoms with E-state index in [1.54, 1.807) is 18.2 Å². The molecule has 1 N–H and O–H groups in total. The van der Waals surface area contributed by atoms with Gasteiger partial charge in [0.05, 0.1) is 11.6 Å². The molecule has 0 amide bonds. The lowest BCUT2D eigenvalue weighted by Crippen LogP contribution is -2.60. The number of halogens is 3. The zero-order valence-electron chi connectivity index (χ0n) is 23.5. The van der Waals surface area contributed by atoms with E-state index < -0.39 is 23.3 Å². The number of piperazine rings is 1. The van der Waals surface area contributed by atoms with Crippen LogP contribution in [-0.4, -0.2) is 82.5 Å². The average molecular weight is 589 g/mol. The molecule has 2 bridgehead atoms. The molecule has 222 valence electrons. The van der Waals surface area contributed by atoms with Crippen molar-refractivity contribution in [3.8, 4) is 23.1 Å². The standard InChI is InChI=1S/C32H31F3N6O2/c33-18-6-5-17-3-1-4-21(22(17)11-18)27-26(35)28-25-29(41-14-20-7-8-23(36-20)24(41)15-42-30(25)37-27)39-31(38-28)43-16-32-9-2-10-40(32)13-19(34)12-32/h1,3-6,11,19-20,23-24,36H,2,7-10,12-16H2/t19-,20?,23?,24?,32+/m1/s1. The van der Waals surface area contributed by atoms with Crippen molar-refractivity contribution in [2.45, 2.75) is 61.9 Å². The third-order valence-corrected chi connectivity index (χ3v) is 10.3. The lowest BCUT2D eigenvalue weighted by molar-refractivity contribution is 0.107. The molecule has 3 unspecified atom stereocenters. The highest BCUT2D eigenvalue weighted by atomic mass is 19.1. The molecule has 4 fully saturated rings. The van der Waals surface area contributed by atoms with Gasteiger partial charge in [0.25, 0.3) is 0 Å². The maximum Gasteiger partial charge on any atom is 0.319 e. The van der Waals surface area contributed by atoms with Crippen LogP contribution in [0.1, 0.15) is 32.1 Å². The van der Waals surface area contributed by atoms with Crippen molar-refractivity contribution in [1.29, 1.82) is 0 Å². The van der Waals surface area contributed by atoms with Gasteiger partial charge in [-0.15, -0.1) is 0 Å². The zero-order chi connectivity index (χ0) is 28.9. The molecule has 8 nitrogen and oxygen atoms in total. The number of fused-ring (bicyclic) bond motifs is 7. The van der Waals surface area contributed by atoms with E-state index in [2.05, 4.69) is 20.1 Å². The predicted octanol–water partition coefficient (Wildman–Crippen LogP) is 4.78. The summed E-state index contributed by atoms with van der Waals surface area (Å²) in [7, 11) is 0. The summed E-state index contributed by atoms with van der Waals surface area (Å²) in [5.74, 6) is -0.260. The second-order valence-electron chi connectivity index (χ2n) is 12.7. The van der Waals surface area contributed by atoms with Crippen LogP contribution in [0.3, 0.4) is 0 Å². The van der Waals surface area contributed by atoms with Crippen LogP contribution in [0, 0.1) is 11.6 Å². The molecule has 0 aliphatic carbocycles. The molecule has 7 heterocycles. The summed E-state index contributed by atoms with van der Waals surface area (Å²) in [6.45, 7) is 2.54. The van der Waals surface area contributed by atoms with E-state index in [9.17, 15) is 8.78 Å². The van der Waals surface area contributed by atoms with Crippen molar-refractivity contribution < 1.29 is 22.6 Å². The lowest BCUT2D eigenvalue weighted by Gasteiger charge is -2.40. The molecule has 9 rings (SSSR count). The molecule has 43 heavy (non-hydrogen) atoms. The fourth-order valence-electron chi connectivity index (χ4n) is 8.26. The Hall–Kier alpha value is -3.70. The molecule has 4 saturated heterocycles. The number of nitrogens with one attached hydrogen (secondary N) is 1. The van der Waals surface area contributed by atoms with Crippen LogP contribution >= 0.6 is 0 Å². The van der Waals surface area contributed by atoms with E-state index in [-0.39, 0.29) is 41.8 Å². The Morgan fingerprint density at radius 3 is 2.95 bits per heavy atom. The Morgan fingerprint density at radius 2 is 2.02 bits per heavy atom. The molecule has 2 aromatic heterocycles. The first-order valence-electron chi connectivity index (χ1n) is 15.2. The van der Waals surface area contributed by atoms with Crippen LogP contribution in [0.2, 0.25) is 0 Å². The number of ether oxygens (including phenoxy) is 2. The quantitative estimate of drug-likeness (QED) is 0.365. The van der Waals surface area contributed by atoms with E-state index >= 15 is 4.39 Å². The number of anilines is 1. The molecule has 5 atom stereocenters. The normalized spacial score (nSPS) is 29.5. The number of alkyl halides is 1. The molecular formula is C32H31F3N6O2. The number of nitrogens with zero attached hydrogens (tertiary/aromatic N) is 5. The minimum absolute atomic E-state index is 0.0249. The molecule has 5 aliphatic rings. The third kappa shape index (κ3) is 3.93. The highest BCUT2D eigenvalue weighted by Crippen LogP contribution is 2.44. The summed E-state index contributed by atoms with van der Waals surface area (Å²) in [5.41, 5.74) is 0.133. The molecular weight excluding hydrogens is 557 g/mol. The summed E-state index contributed by atoms with van der Waals surface area (Å²) < 4.78 is 58.2. The smallest absolute Gasteiger partial charge is 0.319 e. The Labute approximate surface area is 246 Å². The zero-order valence-corrected chi connectivity index (χ0v) is 23.5. The largest absolute Gasteiger partial charge is 0.475 e. The summed E-state index contributed by atoms with van der Waals surface area (Å²) >= 11 is 0. The van der Waals surface area contributed by atoms with Gasteiger partial charge >= 0.3 is 6.01 Å². The van der Waals surface area contributed by atoms with Gasteiger partial charge in [-0.3, -0.25) is 4.90 Å². The summed E-state index contributed by atoms with van der Waals surface area (Å²) in [6, 6.07) is 10.4. The fraction of sp³-hybridized carbons (Fsp3) is 0.469. The van der Waals surface area contributed by atoms with Crippen molar-refractivity contribution in [3.05, 3.63) is 48.0 Å². The second-order valence-corrected chi connectivity index (χ2v) is 12.7. The number of benzene rings is 2. The number of aromatic nitrogens is 3. The van der Waals surface area contributed by atoms with Crippen LogP contribution in [-0.2, 0) is 0 Å². The molecule has 0 saturated carbocycles. The van der Waals surface area contributed by atoms with Crippen LogP contribution in [0.4, 0.5) is 19.0 Å². The number of hydrogen-bond donors (Lipinski definition) is 1. The number of hydrogen-bond acceptors (Lipinski definition) is 8. The highest BCUT2D eigenvalue weighted by Gasteiger charge is 2.50. The van der Waals surface area contributed by atoms with Crippen LogP contribution in [0.15, 0.2) is 36.4 Å². The highest BCUT2D eigenvalue weighted by molar-refractivity contribution is 6.01. The molecule has 4 aromatic rings. The summed E-state index contributed by atoms with van der Waals surface area (Å²) in [4.78, 5) is 18.6. The van der Waals surface area contributed by atoms with Crippen molar-refractivity contribution in [2.75, 3.05) is 37.7 Å². The molecule has 0 radical (unpaired) electrons. The monoisotopic (exact) mass is 588 g/mol. The fourth-order valence-corrected chi connectivity index (χ4v) is 8.26. The third-order valence-electron chi connectivity index (χ3n) is 10.3. The van der Waals surface area contributed by atoms with Gasteiger partial charge in [-0.2, -0.15) is 9.97 Å². The first-order chi connectivity index (χ1) is 21.0. The Morgan fingerprint density at radius 1 is 1.09 bits per heavy atom. The van der Waals surface area contributed by atoms with Crippen molar-refractivity contribution >= 4 is 27.5 Å². The predicted molar refractivity (Wildman–Crippen MR) is 155 cm³/mol. The molecule has 2 aromatic carbocycles.